The fourth-order valence-electron chi connectivity index (χ4n) is 1.40. The molecule has 0 fully saturated rings. The maximum Gasteiger partial charge on any atom is 0.112 e. The third kappa shape index (κ3) is 1.15. The monoisotopic (exact) mass is 218 g/mol. The molecule has 0 atom stereocenters. The first-order valence-corrected chi connectivity index (χ1v) is 5.99. The Kier molecular flexibility index (Phi) is 1.82. The van der Waals surface area contributed by atoms with Gasteiger partial charge in [-0.25, -0.2) is 0 Å². The molecule has 4 heteroatoms. The van der Waals surface area contributed by atoms with Crippen LogP contribution in [-0.2, 0) is 0 Å². The molecule has 0 radical (unpaired) electrons. The molecular weight excluding hydrogens is 212 g/mol. The Bertz CT molecular complexity index is 554. The van der Waals surface area contributed by atoms with Gasteiger partial charge in [-0.15, -0.1) is 16.4 Å². The van der Waals surface area contributed by atoms with Crippen molar-refractivity contribution in [3.8, 4) is 11.3 Å². The molecule has 0 aliphatic rings. The summed E-state index contributed by atoms with van der Waals surface area (Å²) in [5.41, 5.74) is 2.16. The number of nitrogens with zero attached hydrogens (tertiary/aromatic N) is 2. The van der Waals surface area contributed by atoms with Crippen LogP contribution in [0.15, 0.2) is 34.5 Å². The number of thiophene rings is 2. The second-order valence-corrected chi connectivity index (χ2v) is 4.61. The fraction of sp³-hybridized carbons (Fsp3) is 0. The SMILES string of the molecule is c1cc(-c2nncc3ccsc23)cs1. The van der Waals surface area contributed by atoms with E-state index in [0.717, 1.165) is 11.3 Å². The zero-order valence-electron chi connectivity index (χ0n) is 7.18. The molecule has 0 saturated carbocycles. The van der Waals surface area contributed by atoms with Gasteiger partial charge in [0.05, 0.1) is 10.9 Å². The molecule has 0 bridgehead atoms. The zero-order valence-corrected chi connectivity index (χ0v) is 8.81. The largest absolute Gasteiger partial charge is 0.158 e. The average Bonchev–Trinajstić information content (AvgIpc) is 2.88. The molecule has 0 spiro atoms. The van der Waals surface area contributed by atoms with E-state index in [1.807, 2.05) is 6.20 Å². The number of hydrogen-bond acceptors (Lipinski definition) is 4. The Morgan fingerprint density at radius 1 is 1.14 bits per heavy atom. The van der Waals surface area contributed by atoms with Crippen LogP contribution in [0.5, 0.6) is 0 Å². The van der Waals surface area contributed by atoms with Crippen molar-refractivity contribution in [3.63, 3.8) is 0 Å². The van der Waals surface area contributed by atoms with Crippen LogP contribution in [0.3, 0.4) is 0 Å². The van der Waals surface area contributed by atoms with Gasteiger partial charge in [-0.05, 0) is 22.9 Å². The van der Waals surface area contributed by atoms with Crippen LogP contribution in [0.1, 0.15) is 0 Å². The van der Waals surface area contributed by atoms with Gasteiger partial charge >= 0.3 is 0 Å². The summed E-state index contributed by atoms with van der Waals surface area (Å²) in [6.07, 6.45) is 1.81. The van der Waals surface area contributed by atoms with Crippen molar-refractivity contribution < 1.29 is 0 Å². The van der Waals surface area contributed by atoms with Crippen LogP contribution in [-0.4, -0.2) is 10.2 Å². The first-order chi connectivity index (χ1) is 6.95. The summed E-state index contributed by atoms with van der Waals surface area (Å²) in [7, 11) is 0. The lowest BCUT2D eigenvalue weighted by molar-refractivity contribution is 1.06. The summed E-state index contributed by atoms with van der Waals surface area (Å²) >= 11 is 3.40. The summed E-state index contributed by atoms with van der Waals surface area (Å²) in [6.45, 7) is 0. The van der Waals surface area contributed by atoms with E-state index in [0.29, 0.717) is 0 Å². The minimum absolute atomic E-state index is 0.999. The summed E-state index contributed by atoms with van der Waals surface area (Å²) in [4.78, 5) is 0. The van der Waals surface area contributed by atoms with E-state index < -0.39 is 0 Å². The Hall–Kier alpha value is -1.26. The van der Waals surface area contributed by atoms with E-state index >= 15 is 0 Å². The van der Waals surface area contributed by atoms with Crippen LogP contribution in [0.2, 0.25) is 0 Å². The summed E-state index contributed by atoms with van der Waals surface area (Å²) in [5.74, 6) is 0. The highest BCUT2D eigenvalue weighted by Crippen LogP contribution is 2.30. The van der Waals surface area contributed by atoms with Gasteiger partial charge in [-0.3, -0.25) is 0 Å². The lowest BCUT2D eigenvalue weighted by Gasteiger charge is -1.96. The van der Waals surface area contributed by atoms with E-state index in [1.165, 1.54) is 10.1 Å². The van der Waals surface area contributed by atoms with Crippen molar-refractivity contribution in [1.82, 2.24) is 10.2 Å². The molecule has 14 heavy (non-hydrogen) atoms. The summed E-state index contributed by atoms with van der Waals surface area (Å²) in [6, 6.07) is 4.15. The smallest absolute Gasteiger partial charge is 0.112 e. The Morgan fingerprint density at radius 3 is 3.00 bits per heavy atom. The van der Waals surface area contributed by atoms with Crippen molar-refractivity contribution in [2.24, 2.45) is 0 Å². The molecule has 3 rings (SSSR count). The molecule has 2 nitrogen and oxygen atoms in total. The van der Waals surface area contributed by atoms with Gasteiger partial charge in [0.2, 0.25) is 0 Å². The maximum absolute atomic E-state index is 4.19. The molecular formula is C10H6N2S2. The predicted octanol–water partition coefficient (Wildman–Crippen LogP) is 3.42. The highest BCUT2D eigenvalue weighted by atomic mass is 32.1. The predicted molar refractivity (Wildman–Crippen MR) is 60.7 cm³/mol. The van der Waals surface area contributed by atoms with Crippen molar-refractivity contribution in [2.75, 3.05) is 0 Å². The van der Waals surface area contributed by atoms with Crippen molar-refractivity contribution >= 4 is 32.8 Å². The van der Waals surface area contributed by atoms with E-state index in [4.69, 9.17) is 0 Å². The Balaban J connectivity index is 2.36. The topological polar surface area (TPSA) is 25.8 Å². The quantitative estimate of drug-likeness (QED) is 0.625. The van der Waals surface area contributed by atoms with Gasteiger partial charge in [0.25, 0.3) is 0 Å². The van der Waals surface area contributed by atoms with Crippen LogP contribution in [0.4, 0.5) is 0 Å². The molecule has 0 aliphatic heterocycles. The fourth-order valence-corrected chi connectivity index (χ4v) is 2.91. The molecule has 0 aromatic carbocycles. The van der Waals surface area contributed by atoms with Crippen molar-refractivity contribution in [2.45, 2.75) is 0 Å². The molecule has 0 unspecified atom stereocenters. The Morgan fingerprint density at radius 2 is 2.14 bits per heavy atom. The lowest BCUT2D eigenvalue weighted by atomic mass is 10.2. The minimum atomic E-state index is 0.999. The molecule has 0 N–H and O–H groups in total. The lowest BCUT2D eigenvalue weighted by Crippen LogP contribution is -1.84. The second kappa shape index (κ2) is 3.15. The summed E-state index contributed by atoms with van der Waals surface area (Å²) in [5, 5.41) is 15.6. The van der Waals surface area contributed by atoms with E-state index in [9.17, 15) is 0 Å². The van der Waals surface area contributed by atoms with Crippen LogP contribution in [0, 0.1) is 0 Å². The summed E-state index contributed by atoms with van der Waals surface area (Å²) < 4.78 is 1.22. The third-order valence-electron chi connectivity index (χ3n) is 2.06. The van der Waals surface area contributed by atoms with E-state index in [2.05, 4.69) is 38.5 Å². The highest BCUT2D eigenvalue weighted by molar-refractivity contribution is 7.17. The standard InChI is InChI=1S/C10H6N2S2/c1-3-13-6-8(1)9-10-7(2-4-14-10)5-11-12-9/h1-6H. The molecule has 3 aromatic heterocycles. The molecule has 0 aliphatic carbocycles. The number of rotatable bonds is 1. The van der Waals surface area contributed by atoms with Gasteiger partial charge in [-0.1, -0.05) is 0 Å². The van der Waals surface area contributed by atoms with E-state index in [-0.39, 0.29) is 0 Å². The third-order valence-corrected chi connectivity index (χ3v) is 3.68. The van der Waals surface area contributed by atoms with Crippen molar-refractivity contribution in [1.29, 1.82) is 0 Å². The normalized spacial score (nSPS) is 10.9. The number of aromatic nitrogens is 2. The Labute approximate surface area is 88.9 Å². The molecule has 0 saturated heterocycles. The van der Waals surface area contributed by atoms with Gasteiger partial charge in [-0.2, -0.15) is 16.4 Å². The molecule has 0 amide bonds. The molecule has 3 heterocycles. The van der Waals surface area contributed by atoms with Gasteiger partial charge in [0.15, 0.2) is 0 Å². The number of fused-ring (bicyclic) bond motifs is 1. The zero-order chi connectivity index (χ0) is 9.38. The first-order valence-electron chi connectivity index (χ1n) is 4.16. The van der Waals surface area contributed by atoms with Crippen LogP contribution >= 0.6 is 22.7 Å². The van der Waals surface area contributed by atoms with Gasteiger partial charge in [0.1, 0.15) is 5.69 Å². The maximum atomic E-state index is 4.19. The minimum Gasteiger partial charge on any atom is -0.158 e. The van der Waals surface area contributed by atoms with Gasteiger partial charge < -0.3 is 0 Å². The average molecular weight is 218 g/mol. The van der Waals surface area contributed by atoms with Crippen molar-refractivity contribution in [3.05, 3.63) is 34.5 Å². The molecule has 3 aromatic rings. The first kappa shape index (κ1) is 8.08. The van der Waals surface area contributed by atoms with E-state index in [1.54, 1.807) is 22.7 Å². The van der Waals surface area contributed by atoms with Gasteiger partial charge in [0, 0.05) is 16.3 Å². The molecule has 68 valence electrons. The second-order valence-electron chi connectivity index (χ2n) is 2.91. The van der Waals surface area contributed by atoms with Crippen LogP contribution < -0.4 is 0 Å². The highest BCUT2D eigenvalue weighted by Gasteiger charge is 2.06. The van der Waals surface area contributed by atoms with Crippen LogP contribution in [0.25, 0.3) is 21.3 Å². The number of hydrogen-bond donors (Lipinski definition) is 0.